The maximum atomic E-state index is 5.70. The first kappa shape index (κ1) is 16.3. The number of nitrogens with zero attached hydrogens (tertiary/aromatic N) is 2. The van der Waals surface area contributed by atoms with E-state index in [0.717, 1.165) is 29.9 Å². The lowest BCUT2D eigenvalue weighted by Crippen LogP contribution is -2.33. The predicted molar refractivity (Wildman–Crippen MR) is 95.2 cm³/mol. The summed E-state index contributed by atoms with van der Waals surface area (Å²) in [4.78, 5) is 10.7. The highest BCUT2D eigenvalue weighted by molar-refractivity contribution is 5.80. The Kier molecular flexibility index (Phi) is 5.55. The molecule has 0 radical (unpaired) electrons. The van der Waals surface area contributed by atoms with Crippen LogP contribution in [0.5, 0.6) is 5.88 Å². The molecule has 1 N–H and O–H groups in total. The van der Waals surface area contributed by atoms with Crippen LogP contribution in [0.15, 0.2) is 18.3 Å². The van der Waals surface area contributed by atoms with E-state index in [4.69, 9.17) is 9.72 Å². The second-order valence-corrected chi connectivity index (χ2v) is 6.61. The largest absolute Gasteiger partial charge is 0.478 e. The van der Waals surface area contributed by atoms with Crippen molar-refractivity contribution in [2.24, 2.45) is 0 Å². The normalized spacial score (nSPS) is 17.0. The number of piperidine rings is 1. The van der Waals surface area contributed by atoms with Crippen LogP contribution in [0, 0.1) is 0 Å². The molecule has 1 aliphatic heterocycles. The van der Waals surface area contributed by atoms with Gasteiger partial charge in [-0.3, -0.25) is 0 Å². The van der Waals surface area contributed by atoms with Crippen molar-refractivity contribution in [3.8, 4) is 5.88 Å². The zero-order valence-electron chi connectivity index (χ0n) is 14.5. The van der Waals surface area contributed by atoms with Crippen molar-refractivity contribution in [1.29, 1.82) is 0 Å². The number of aromatic nitrogens is 2. The van der Waals surface area contributed by atoms with Gasteiger partial charge in [-0.25, -0.2) is 4.98 Å². The lowest BCUT2D eigenvalue weighted by molar-refractivity contribution is 0.210. The minimum Gasteiger partial charge on any atom is -0.478 e. The molecule has 0 bridgehead atoms. The van der Waals surface area contributed by atoms with Gasteiger partial charge in [0.25, 0.3) is 0 Å². The summed E-state index contributed by atoms with van der Waals surface area (Å²) in [7, 11) is 0. The van der Waals surface area contributed by atoms with E-state index in [0.29, 0.717) is 5.92 Å². The van der Waals surface area contributed by atoms with Crippen molar-refractivity contribution in [3.05, 3.63) is 23.9 Å². The number of hydrogen-bond donors (Lipinski definition) is 1. The maximum absolute atomic E-state index is 5.70. The molecule has 4 heteroatoms. The van der Waals surface area contributed by atoms with E-state index in [-0.39, 0.29) is 0 Å². The van der Waals surface area contributed by atoms with Gasteiger partial charge in [0.15, 0.2) is 0 Å². The van der Waals surface area contributed by atoms with Gasteiger partial charge in [-0.15, -0.1) is 0 Å². The minimum absolute atomic E-state index is 0.621. The predicted octanol–water partition coefficient (Wildman–Crippen LogP) is 4.33. The summed E-state index contributed by atoms with van der Waals surface area (Å²) in [5.41, 5.74) is 3.60. The van der Waals surface area contributed by atoms with Crippen LogP contribution < -0.4 is 4.74 Å². The van der Waals surface area contributed by atoms with E-state index >= 15 is 0 Å². The summed E-state index contributed by atoms with van der Waals surface area (Å²) in [5.74, 6) is 1.37. The van der Waals surface area contributed by atoms with E-state index in [2.05, 4.69) is 36.0 Å². The van der Waals surface area contributed by atoms with Gasteiger partial charge in [0.05, 0.1) is 17.6 Å². The molecule has 0 aromatic carbocycles. The van der Waals surface area contributed by atoms with Crippen molar-refractivity contribution in [2.75, 3.05) is 26.2 Å². The molecule has 126 valence electrons. The van der Waals surface area contributed by atoms with Gasteiger partial charge in [0.2, 0.25) is 5.88 Å². The number of rotatable bonds is 7. The van der Waals surface area contributed by atoms with E-state index in [1.165, 1.54) is 50.9 Å². The smallest absolute Gasteiger partial charge is 0.213 e. The van der Waals surface area contributed by atoms with E-state index in [1.807, 2.05) is 6.07 Å². The molecule has 0 atom stereocenters. The Labute approximate surface area is 139 Å². The van der Waals surface area contributed by atoms with E-state index in [1.54, 1.807) is 0 Å². The third-order valence-electron chi connectivity index (χ3n) is 4.84. The number of likely N-dealkylation sites (tertiary alicyclic amines) is 1. The van der Waals surface area contributed by atoms with Gasteiger partial charge in [-0.05, 0) is 62.9 Å². The van der Waals surface area contributed by atoms with Crippen LogP contribution >= 0.6 is 0 Å². The zero-order valence-corrected chi connectivity index (χ0v) is 14.5. The molecule has 1 saturated heterocycles. The van der Waals surface area contributed by atoms with Crippen molar-refractivity contribution in [3.63, 3.8) is 0 Å². The zero-order chi connectivity index (χ0) is 16.1. The highest BCUT2D eigenvalue weighted by atomic mass is 16.5. The van der Waals surface area contributed by atoms with Crippen LogP contribution in [0.25, 0.3) is 11.0 Å². The number of nitrogens with one attached hydrogen (secondary N) is 1. The summed E-state index contributed by atoms with van der Waals surface area (Å²) in [5, 5.41) is 0. The van der Waals surface area contributed by atoms with Crippen molar-refractivity contribution < 1.29 is 4.74 Å². The van der Waals surface area contributed by atoms with E-state index in [9.17, 15) is 0 Å². The Hall–Kier alpha value is -1.55. The summed E-state index contributed by atoms with van der Waals surface area (Å²) >= 11 is 0. The van der Waals surface area contributed by atoms with E-state index < -0.39 is 0 Å². The SMILES string of the molecule is CCCCN1CCC(c2c[nH]c3ccc(OCCC)nc23)CC1. The molecule has 0 amide bonds. The maximum Gasteiger partial charge on any atom is 0.213 e. The van der Waals surface area contributed by atoms with Gasteiger partial charge < -0.3 is 14.6 Å². The third-order valence-corrected chi connectivity index (χ3v) is 4.84. The third kappa shape index (κ3) is 3.86. The van der Waals surface area contributed by atoms with Gasteiger partial charge in [-0.2, -0.15) is 0 Å². The van der Waals surface area contributed by atoms with Gasteiger partial charge in [-0.1, -0.05) is 20.3 Å². The molecule has 3 rings (SSSR count). The highest BCUT2D eigenvalue weighted by Crippen LogP contribution is 2.33. The van der Waals surface area contributed by atoms with Gasteiger partial charge in [0.1, 0.15) is 0 Å². The second-order valence-electron chi connectivity index (χ2n) is 6.61. The van der Waals surface area contributed by atoms with Crippen LogP contribution in [0.1, 0.15) is 57.4 Å². The molecule has 4 nitrogen and oxygen atoms in total. The molecule has 0 unspecified atom stereocenters. The minimum atomic E-state index is 0.621. The Balaban J connectivity index is 1.70. The topological polar surface area (TPSA) is 41.2 Å². The molecule has 3 heterocycles. The fourth-order valence-electron chi connectivity index (χ4n) is 3.45. The van der Waals surface area contributed by atoms with Crippen LogP contribution in [0.2, 0.25) is 0 Å². The molecule has 23 heavy (non-hydrogen) atoms. The first-order valence-electron chi connectivity index (χ1n) is 9.15. The number of hydrogen-bond acceptors (Lipinski definition) is 3. The quantitative estimate of drug-likeness (QED) is 0.826. The molecule has 0 saturated carbocycles. The molecule has 2 aromatic rings. The lowest BCUT2D eigenvalue weighted by atomic mass is 9.90. The number of ether oxygens (including phenoxy) is 1. The standard InChI is InChI=1S/C19H29N3O/c1-3-5-10-22-11-8-15(9-12-22)16-14-20-17-6-7-18(21-19(16)17)23-13-4-2/h6-7,14-15,20H,3-5,8-13H2,1-2H3. The molecule has 1 fully saturated rings. The van der Waals surface area contributed by atoms with Gasteiger partial charge >= 0.3 is 0 Å². The first-order valence-corrected chi connectivity index (χ1v) is 9.15. The molecule has 1 aliphatic rings. The van der Waals surface area contributed by atoms with Crippen molar-refractivity contribution in [2.45, 2.75) is 51.9 Å². The summed E-state index contributed by atoms with van der Waals surface area (Å²) in [6, 6.07) is 4.05. The van der Waals surface area contributed by atoms with Crippen molar-refractivity contribution >= 4 is 11.0 Å². The fraction of sp³-hybridized carbons (Fsp3) is 0.632. The van der Waals surface area contributed by atoms with Crippen LogP contribution in [-0.4, -0.2) is 41.1 Å². The van der Waals surface area contributed by atoms with Crippen LogP contribution in [-0.2, 0) is 0 Å². The molecule has 0 aliphatic carbocycles. The Bertz CT molecular complexity index is 614. The van der Waals surface area contributed by atoms with Crippen LogP contribution in [0.4, 0.5) is 0 Å². The molecular weight excluding hydrogens is 286 g/mol. The number of pyridine rings is 1. The Morgan fingerprint density at radius 3 is 2.78 bits per heavy atom. The number of fused-ring (bicyclic) bond motifs is 1. The average Bonchev–Trinajstić information content (AvgIpc) is 3.02. The summed E-state index contributed by atoms with van der Waals surface area (Å²) in [6.45, 7) is 8.79. The fourth-order valence-corrected chi connectivity index (χ4v) is 3.45. The highest BCUT2D eigenvalue weighted by Gasteiger charge is 2.23. The summed E-state index contributed by atoms with van der Waals surface area (Å²) < 4.78 is 5.70. The number of aromatic amines is 1. The Morgan fingerprint density at radius 1 is 1.22 bits per heavy atom. The molecular formula is C19H29N3O. The number of unbranched alkanes of at least 4 members (excludes halogenated alkanes) is 1. The monoisotopic (exact) mass is 315 g/mol. The van der Waals surface area contributed by atoms with Gasteiger partial charge in [0, 0.05) is 12.3 Å². The molecule has 0 spiro atoms. The molecule has 2 aromatic heterocycles. The number of H-pyrrole nitrogens is 1. The lowest BCUT2D eigenvalue weighted by Gasteiger charge is -2.31. The van der Waals surface area contributed by atoms with Crippen LogP contribution in [0.3, 0.4) is 0 Å². The average molecular weight is 315 g/mol. The van der Waals surface area contributed by atoms with Crippen molar-refractivity contribution in [1.82, 2.24) is 14.9 Å². The summed E-state index contributed by atoms with van der Waals surface area (Å²) in [6.07, 6.45) is 8.24. The first-order chi connectivity index (χ1) is 11.3. The Morgan fingerprint density at radius 2 is 2.04 bits per heavy atom. The second kappa shape index (κ2) is 7.82.